The monoisotopic (exact) mass is 465 g/mol. The van der Waals surface area contributed by atoms with Crippen molar-refractivity contribution in [2.45, 2.75) is 47.1 Å². The first-order valence-corrected chi connectivity index (χ1v) is 12.3. The molecule has 0 aliphatic carbocycles. The maximum Gasteiger partial charge on any atom is 0.0991 e. The summed E-state index contributed by atoms with van der Waals surface area (Å²) in [6.07, 6.45) is 9.09. The number of nitrogens with two attached hydrogens (primary N) is 1. The van der Waals surface area contributed by atoms with Gasteiger partial charge >= 0.3 is 0 Å². The van der Waals surface area contributed by atoms with Gasteiger partial charge in [0.1, 0.15) is 0 Å². The molecule has 1 aliphatic rings. The van der Waals surface area contributed by atoms with Crippen LogP contribution in [0.25, 0.3) is 22.9 Å². The number of hydrogen-bond donors (Lipinski definition) is 1. The maximum absolute atomic E-state index is 9.01. The maximum atomic E-state index is 9.01. The Balaban J connectivity index is 0.00000167. The Bertz CT molecular complexity index is 1230. The molecule has 0 spiro atoms. The molecule has 180 valence electrons. The molecule has 0 radical (unpaired) electrons. The number of rotatable bonds is 5. The van der Waals surface area contributed by atoms with Crippen LogP contribution in [0.2, 0.25) is 0 Å². The third-order valence-electron chi connectivity index (χ3n) is 6.46. The molecule has 5 nitrogen and oxygen atoms in total. The summed E-state index contributed by atoms with van der Waals surface area (Å²) in [5.74, 6) is 0. The second-order valence-corrected chi connectivity index (χ2v) is 8.56. The molecule has 3 heterocycles. The summed E-state index contributed by atoms with van der Waals surface area (Å²) in [5, 5.41) is 9.01. The Hall–Kier alpha value is -3.75. The number of nitrogen functional groups attached to an aromatic ring is 1. The number of hydrogen-bond acceptors (Lipinski definition) is 5. The first-order valence-electron chi connectivity index (χ1n) is 12.3. The van der Waals surface area contributed by atoms with E-state index in [1.54, 1.807) is 6.20 Å². The molecule has 2 aromatic heterocycles. The molecule has 35 heavy (non-hydrogen) atoms. The lowest BCUT2D eigenvalue weighted by molar-refractivity contribution is 0.258. The number of nitrogens with zero attached hydrogens (tertiary/aromatic N) is 4. The highest BCUT2D eigenvalue weighted by Crippen LogP contribution is 2.29. The molecular formula is C30H35N5. The van der Waals surface area contributed by atoms with Gasteiger partial charge in [0.2, 0.25) is 0 Å². The molecule has 1 unspecified atom stereocenters. The lowest BCUT2D eigenvalue weighted by Gasteiger charge is -2.32. The summed E-state index contributed by atoms with van der Waals surface area (Å²) < 4.78 is 0. The topological polar surface area (TPSA) is 78.8 Å². The van der Waals surface area contributed by atoms with Gasteiger partial charge in [0.15, 0.2) is 0 Å². The summed E-state index contributed by atoms with van der Waals surface area (Å²) in [5.41, 5.74) is 15.1. The molecule has 0 bridgehead atoms. The van der Waals surface area contributed by atoms with E-state index in [1.165, 1.54) is 16.7 Å². The van der Waals surface area contributed by atoms with Crippen LogP contribution in [0.3, 0.4) is 0 Å². The highest BCUT2D eigenvalue weighted by molar-refractivity contribution is 5.75. The van der Waals surface area contributed by atoms with E-state index >= 15 is 0 Å². The summed E-state index contributed by atoms with van der Waals surface area (Å²) in [7, 11) is 0. The van der Waals surface area contributed by atoms with Gasteiger partial charge in [-0.05, 0) is 68.7 Å². The zero-order chi connectivity index (χ0) is 25.4. The van der Waals surface area contributed by atoms with Gasteiger partial charge in [-0.3, -0.25) is 14.9 Å². The van der Waals surface area contributed by atoms with E-state index in [-0.39, 0.29) is 0 Å². The molecule has 1 aliphatic heterocycles. The Morgan fingerprint density at radius 1 is 1.11 bits per heavy atom. The standard InChI is InChI=1S/C28H29N5.C2H6/c1-19(16-27-20(2)31-13-10-26(27)28-9-8-25(30)18-32-28)21(3)33-14-11-24(12-15-33)23-6-4-22(17-29)5-7-23;1-2/h4-11,13,16,18,21H,12,14-15,30H2,1-3H3;1-2H3/b19-16+;. The first-order chi connectivity index (χ1) is 17.0. The largest absolute Gasteiger partial charge is 0.397 e. The number of anilines is 1. The van der Waals surface area contributed by atoms with Crippen molar-refractivity contribution in [1.29, 1.82) is 5.26 Å². The lowest BCUT2D eigenvalue weighted by Crippen LogP contribution is -2.37. The van der Waals surface area contributed by atoms with Crippen LogP contribution in [0.5, 0.6) is 0 Å². The quantitative estimate of drug-likeness (QED) is 0.464. The molecule has 0 saturated heterocycles. The first kappa shape index (κ1) is 25.9. The zero-order valence-corrected chi connectivity index (χ0v) is 21.4. The summed E-state index contributed by atoms with van der Waals surface area (Å²) in [6, 6.07) is 16.2. The minimum atomic E-state index is 0.301. The smallest absolute Gasteiger partial charge is 0.0991 e. The SMILES string of the molecule is C/C(=C\c1c(-c2ccc(N)cn2)ccnc1C)C(C)N1CC=C(c2ccc(C#N)cc2)CC1.CC. The van der Waals surface area contributed by atoms with Gasteiger partial charge in [-0.1, -0.05) is 43.7 Å². The van der Waals surface area contributed by atoms with Crippen LogP contribution in [-0.4, -0.2) is 34.0 Å². The van der Waals surface area contributed by atoms with Crippen molar-refractivity contribution >= 4 is 17.3 Å². The molecule has 4 rings (SSSR count). The van der Waals surface area contributed by atoms with Gasteiger partial charge in [0, 0.05) is 42.1 Å². The van der Waals surface area contributed by atoms with Gasteiger partial charge in [-0.2, -0.15) is 5.26 Å². The fourth-order valence-corrected chi connectivity index (χ4v) is 4.24. The normalized spacial score (nSPS) is 14.9. The van der Waals surface area contributed by atoms with E-state index in [1.807, 2.05) is 69.4 Å². The Morgan fingerprint density at radius 3 is 2.46 bits per heavy atom. The van der Waals surface area contributed by atoms with E-state index in [0.717, 1.165) is 42.0 Å². The van der Waals surface area contributed by atoms with Crippen LogP contribution in [0.4, 0.5) is 5.69 Å². The van der Waals surface area contributed by atoms with Gasteiger partial charge in [0.25, 0.3) is 0 Å². The molecular weight excluding hydrogens is 430 g/mol. The average molecular weight is 466 g/mol. The number of pyridine rings is 2. The van der Waals surface area contributed by atoms with Crippen LogP contribution in [0.15, 0.2) is 66.5 Å². The van der Waals surface area contributed by atoms with Crippen molar-refractivity contribution in [3.8, 4) is 17.3 Å². The molecule has 1 aromatic carbocycles. The van der Waals surface area contributed by atoms with Crippen molar-refractivity contribution in [3.63, 3.8) is 0 Å². The average Bonchev–Trinajstić information content (AvgIpc) is 2.91. The van der Waals surface area contributed by atoms with Crippen molar-refractivity contribution in [2.75, 3.05) is 18.8 Å². The summed E-state index contributed by atoms with van der Waals surface area (Å²) in [6.45, 7) is 12.4. The highest BCUT2D eigenvalue weighted by Gasteiger charge is 2.20. The number of nitriles is 1. The summed E-state index contributed by atoms with van der Waals surface area (Å²) >= 11 is 0. The Morgan fingerprint density at radius 2 is 1.86 bits per heavy atom. The second-order valence-electron chi connectivity index (χ2n) is 8.56. The predicted molar refractivity (Wildman–Crippen MR) is 146 cm³/mol. The van der Waals surface area contributed by atoms with Crippen LogP contribution < -0.4 is 5.73 Å². The number of aryl methyl sites for hydroxylation is 1. The lowest BCUT2D eigenvalue weighted by atomic mass is 9.95. The van der Waals surface area contributed by atoms with Gasteiger partial charge in [-0.25, -0.2) is 0 Å². The van der Waals surface area contributed by atoms with Gasteiger partial charge in [0.05, 0.1) is 29.2 Å². The molecule has 5 heteroatoms. The van der Waals surface area contributed by atoms with Crippen LogP contribution >= 0.6 is 0 Å². The number of benzene rings is 1. The predicted octanol–water partition coefficient (Wildman–Crippen LogP) is 6.51. The van der Waals surface area contributed by atoms with E-state index in [2.05, 4.69) is 46.9 Å². The van der Waals surface area contributed by atoms with Crippen LogP contribution in [0, 0.1) is 18.3 Å². The molecule has 0 amide bonds. The van der Waals surface area contributed by atoms with Crippen molar-refractivity contribution in [3.05, 3.63) is 88.9 Å². The van der Waals surface area contributed by atoms with E-state index in [4.69, 9.17) is 11.0 Å². The molecule has 2 N–H and O–H groups in total. The Kier molecular flexibility index (Phi) is 8.94. The fraction of sp³-hybridized carbons (Fsp3) is 0.300. The second kappa shape index (κ2) is 12.1. The van der Waals surface area contributed by atoms with E-state index in [9.17, 15) is 0 Å². The van der Waals surface area contributed by atoms with Crippen molar-refractivity contribution in [1.82, 2.24) is 14.9 Å². The molecule has 1 atom stereocenters. The third kappa shape index (κ3) is 6.23. The minimum Gasteiger partial charge on any atom is -0.397 e. The fourth-order valence-electron chi connectivity index (χ4n) is 4.24. The zero-order valence-electron chi connectivity index (χ0n) is 21.4. The summed E-state index contributed by atoms with van der Waals surface area (Å²) in [4.78, 5) is 11.5. The Labute approximate surface area is 209 Å². The van der Waals surface area contributed by atoms with Crippen molar-refractivity contribution in [2.24, 2.45) is 0 Å². The molecule has 0 fully saturated rings. The number of aromatic nitrogens is 2. The van der Waals surface area contributed by atoms with Crippen LogP contribution in [-0.2, 0) is 0 Å². The van der Waals surface area contributed by atoms with Crippen molar-refractivity contribution < 1.29 is 0 Å². The highest BCUT2D eigenvalue weighted by atomic mass is 15.1. The van der Waals surface area contributed by atoms with Crippen LogP contribution in [0.1, 0.15) is 56.5 Å². The van der Waals surface area contributed by atoms with E-state index in [0.29, 0.717) is 17.3 Å². The minimum absolute atomic E-state index is 0.301. The third-order valence-corrected chi connectivity index (χ3v) is 6.46. The van der Waals surface area contributed by atoms with E-state index < -0.39 is 0 Å². The van der Waals surface area contributed by atoms with Gasteiger partial charge in [-0.15, -0.1) is 0 Å². The van der Waals surface area contributed by atoms with Gasteiger partial charge < -0.3 is 5.73 Å². The molecule has 3 aromatic rings. The molecule has 0 saturated carbocycles.